The van der Waals surface area contributed by atoms with Gasteiger partial charge in [-0.05, 0) is 56.5 Å². The minimum absolute atomic E-state index is 0.0360. The Morgan fingerprint density at radius 3 is 2.47 bits per heavy atom. The Hall–Kier alpha value is -3.31. The van der Waals surface area contributed by atoms with E-state index in [0.717, 1.165) is 55.9 Å². The maximum atomic E-state index is 13.1. The molecule has 11 nitrogen and oxygen atoms in total. The first-order valence-electron chi connectivity index (χ1n) is 12.8. The average molecular weight is 495 g/mol. The highest BCUT2D eigenvalue weighted by atomic mass is 16.2. The third-order valence-corrected chi connectivity index (χ3v) is 8.17. The van der Waals surface area contributed by atoms with Gasteiger partial charge in [0.05, 0.1) is 23.2 Å². The number of hydrogen-bond acceptors (Lipinski definition) is 7. The van der Waals surface area contributed by atoms with Gasteiger partial charge in [-0.3, -0.25) is 34.3 Å². The van der Waals surface area contributed by atoms with Gasteiger partial charge in [-0.25, -0.2) is 4.79 Å². The Balaban J connectivity index is 1.13. The van der Waals surface area contributed by atoms with Gasteiger partial charge < -0.3 is 15.5 Å². The van der Waals surface area contributed by atoms with E-state index >= 15 is 0 Å². The van der Waals surface area contributed by atoms with Crippen LogP contribution in [0, 0.1) is 0 Å². The fraction of sp³-hybridized carbons (Fsp3) is 0.560. The lowest BCUT2D eigenvalue weighted by molar-refractivity contribution is -0.136. The Labute approximate surface area is 208 Å². The third kappa shape index (κ3) is 3.86. The summed E-state index contributed by atoms with van der Waals surface area (Å²) < 4.78 is 0. The molecule has 0 radical (unpaired) electrons. The number of benzene rings is 1. The summed E-state index contributed by atoms with van der Waals surface area (Å²) in [6.07, 6.45) is 3.09. The van der Waals surface area contributed by atoms with Crippen molar-refractivity contribution in [2.75, 3.05) is 26.2 Å². The molecule has 5 aliphatic rings. The molecule has 0 bridgehead atoms. The van der Waals surface area contributed by atoms with Gasteiger partial charge in [-0.15, -0.1) is 0 Å². The van der Waals surface area contributed by atoms with Gasteiger partial charge in [-0.2, -0.15) is 0 Å². The Kier molecular flexibility index (Phi) is 5.76. The zero-order valence-electron chi connectivity index (χ0n) is 20.0. The van der Waals surface area contributed by atoms with Crippen LogP contribution in [0.3, 0.4) is 0 Å². The lowest BCUT2D eigenvalue weighted by Crippen LogP contribution is -2.54. The summed E-state index contributed by atoms with van der Waals surface area (Å²) in [6.45, 7) is 4.05. The number of carbonyl (C=O) groups excluding carboxylic acids is 5. The smallest absolute Gasteiger partial charge is 0.318 e. The number of likely N-dealkylation sites (tertiary alicyclic amines) is 1. The van der Waals surface area contributed by atoms with Crippen molar-refractivity contribution in [2.24, 2.45) is 0 Å². The van der Waals surface area contributed by atoms with Crippen molar-refractivity contribution < 1.29 is 24.0 Å². The van der Waals surface area contributed by atoms with E-state index in [9.17, 15) is 24.0 Å². The van der Waals surface area contributed by atoms with Crippen molar-refractivity contribution in [3.05, 3.63) is 34.9 Å². The molecule has 190 valence electrons. The molecule has 6 amide bonds. The van der Waals surface area contributed by atoms with E-state index in [1.165, 1.54) is 0 Å². The highest BCUT2D eigenvalue weighted by Crippen LogP contribution is 2.31. The van der Waals surface area contributed by atoms with Gasteiger partial charge in [0, 0.05) is 32.1 Å². The number of amides is 6. The molecule has 1 aromatic rings. The topological polar surface area (TPSA) is 131 Å². The third-order valence-electron chi connectivity index (χ3n) is 8.17. The molecule has 6 rings (SSSR count). The number of carbonyl (C=O) groups is 5. The minimum atomic E-state index is -0.966. The van der Waals surface area contributed by atoms with Crippen LogP contribution < -0.4 is 16.0 Å². The summed E-state index contributed by atoms with van der Waals surface area (Å²) in [5.41, 5.74) is 1.48. The second kappa shape index (κ2) is 8.97. The standard InChI is InChI=1S/C25H30N6O5/c32-21-4-3-20(22(33)28-21)31-23(34)16-2-1-14(11-17(16)24(31)35)12-29-10-7-19-18(13-29)27-25(36)30(19)15-5-8-26-9-6-15/h1-2,11,15,18-20,26H,3-10,12-13H2,(H,27,36)(H,28,32,33). The van der Waals surface area contributed by atoms with Crippen molar-refractivity contribution in [1.82, 2.24) is 30.7 Å². The van der Waals surface area contributed by atoms with Crippen LogP contribution in [-0.2, 0) is 16.1 Å². The van der Waals surface area contributed by atoms with E-state index in [1.54, 1.807) is 12.1 Å². The number of piperidine rings is 3. The SMILES string of the molecule is O=C1CCC(N2C(=O)c3ccc(CN4CCC5C(C4)NC(=O)N5C4CCNCC4)cc3C2=O)C(=O)N1. The summed E-state index contributed by atoms with van der Waals surface area (Å²) in [4.78, 5) is 67.9. The monoisotopic (exact) mass is 494 g/mol. The van der Waals surface area contributed by atoms with Gasteiger partial charge in [0.1, 0.15) is 6.04 Å². The van der Waals surface area contributed by atoms with Crippen LogP contribution in [0.1, 0.15) is 58.4 Å². The van der Waals surface area contributed by atoms with Gasteiger partial charge in [0.15, 0.2) is 0 Å². The number of hydrogen-bond donors (Lipinski definition) is 3. The molecule has 0 aliphatic carbocycles. The quantitative estimate of drug-likeness (QED) is 0.495. The van der Waals surface area contributed by atoms with Crippen molar-refractivity contribution in [2.45, 2.75) is 62.8 Å². The predicted octanol–water partition coefficient (Wildman–Crippen LogP) is -0.192. The minimum Gasteiger partial charge on any atom is -0.332 e. The molecule has 1 aromatic carbocycles. The fourth-order valence-corrected chi connectivity index (χ4v) is 6.41. The molecular weight excluding hydrogens is 464 g/mol. The van der Waals surface area contributed by atoms with Crippen LogP contribution in [0.15, 0.2) is 18.2 Å². The number of nitrogens with one attached hydrogen (secondary N) is 3. The molecule has 11 heteroatoms. The largest absolute Gasteiger partial charge is 0.332 e. The summed E-state index contributed by atoms with van der Waals surface area (Å²) in [6, 6.07) is 4.88. The molecule has 5 heterocycles. The van der Waals surface area contributed by atoms with Gasteiger partial charge in [0.2, 0.25) is 11.8 Å². The number of rotatable bonds is 4. The first kappa shape index (κ1) is 23.1. The molecule has 4 saturated heterocycles. The number of urea groups is 1. The number of nitrogens with zero attached hydrogens (tertiary/aromatic N) is 3. The van der Waals surface area contributed by atoms with Crippen molar-refractivity contribution in [1.29, 1.82) is 0 Å². The van der Waals surface area contributed by atoms with Crippen molar-refractivity contribution >= 4 is 29.7 Å². The van der Waals surface area contributed by atoms with E-state index < -0.39 is 29.7 Å². The summed E-state index contributed by atoms with van der Waals surface area (Å²) in [5.74, 6) is -1.99. The molecule has 0 spiro atoms. The van der Waals surface area contributed by atoms with E-state index in [0.29, 0.717) is 18.2 Å². The molecule has 0 saturated carbocycles. The molecule has 3 atom stereocenters. The van der Waals surface area contributed by atoms with E-state index in [4.69, 9.17) is 0 Å². The lowest BCUT2D eigenvalue weighted by Gasteiger charge is -2.40. The Morgan fingerprint density at radius 2 is 1.69 bits per heavy atom. The van der Waals surface area contributed by atoms with E-state index in [-0.39, 0.29) is 36.5 Å². The zero-order chi connectivity index (χ0) is 25.0. The van der Waals surface area contributed by atoms with Crippen molar-refractivity contribution in [3.8, 4) is 0 Å². The zero-order valence-corrected chi connectivity index (χ0v) is 20.0. The van der Waals surface area contributed by atoms with E-state index in [1.807, 2.05) is 6.07 Å². The summed E-state index contributed by atoms with van der Waals surface area (Å²) in [5, 5.41) is 8.76. The number of imide groups is 2. The Bertz CT molecular complexity index is 1150. The van der Waals surface area contributed by atoms with Crippen LogP contribution in [-0.4, -0.2) is 94.7 Å². The fourth-order valence-electron chi connectivity index (χ4n) is 6.41. The Morgan fingerprint density at radius 1 is 0.917 bits per heavy atom. The highest BCUT2D eigenvalue weighted by molar-refractivity contribution is 6.23. The van der Waals surface area contributed by atoms with Gasteiger partial charge >= 0.3 is 6.03 Å². The van der Waals surface area contributed by atoms with E-state index in [2.05, 4.69) is 25.8 Å². The normalized spacial score (nSPS) is 29.3. The highest BCUT2D eigenvalue weighted by Gasteiger charge is 2.46. The predicted molar refractivity (Wildman–Crippen MR) is 127 cm³/mol. The molecule has 36 heavy (non-hydrogen) atoms. The molecule has 5 aliphatic heterocycles. The van der Waals surface area contributed by atoms with Crippen LogP contribution in [0.4, 0.5) is 4.79 Å². The van der Waals surface area contributed by atoms with Crippen LogP contribution in [0.2, 0.25) is 0 Å². The summed E-state index contributed by atoms with van der Waals surface area (Å²) in [7, 11) is 0. The van der Waals surface area contributed by atoms with Crippen LogP contribution in [0.5, 0.6) is 0 Å². The van der Waals surface area contributed by atoms with Crippen LogP contribution >= 0.6 is 0 Å². The molecule has 3 unspecified atom stereocenters. The molecule has 3 N–H and O–H groups in total. The van der Waals surface area contributed by atoms with Gasteiger partial charge in [0.25, 0.3) is 11.8 Å². The second-order valence-electron chi connectivity index (χ2n) is 10.4. The first-order valence-corrected chi connectivity index (χ1v) is 12.8. The lowest BCUT2D eigenvalue weighted by atomic mass is 9.95. The second-order valence-corrected chi connectivity index (χ2v) is 10.4. The first-order chi connectivity index (χ1) is 17.4. The summed E-state index contributed by atoms with van der Waals surface area (Å²) >= 11 is 0. The van der Waals surface area contributed by atoms with Gasteiger partial charge in [-0.1, -0.05) is 6.07 Å². The molecule has 0 aromatic heterocycles. The molecule has 4 fully saturated rings. The average Bonchev–Trinajstić information content (AvgIpc) is 3.32. The van der Waals surface area contributed by atoms with Crippen molar-refractivity contribution in [3.63, 3.8) is 0 Å². The molecular formula is C25H30N6O5. The maximum Gasteiger partial charge on any atom is 0.318 e. The van der Waals surface area contributed by atoms with Crippen LogP contribution in [0.25, 0.3) is 0 Å². The number of fused-ring (bicyclic) bond motifs is 2. The maximum absolute atomic E-state index is 13.1.